The summed E-state index contributed by atoms with van der Waals surface area (Å²) in [5.41, 5.74) is 0.318. The first-order chi connectivity index (χ1) is 6.13. The fraction of sp³-hybridized carbons (Fsp3) is 0.143. The molecule has 0 bridgehead atoms. The third-order valence-corrected chi connectivity index (χ3v) is 1.70. The normalized spacial score (nSPS) is 9.38. The number of aromatic nitrogens is 1. The van der Waals surface area contributed by atoms with E-state index in [1.54, 1.807) is 12.1 Å². The maximum Gasteiger partial charge on any atom is 0.409 e. The number of methoxy groups -OCH3 is 1. The van der Waals surface area contributed by atoms with Gasteiger partial charge in [-0.1, -0.05) is 0 Å². The van der Waals surface area contributed by atoms with Gasteiger partial charge < -0.3 is 9.84 Å². The van der Waals surface area contributed by atoms with Crippen LogP contribution in [0.1, 0.15) is 0 Å². The van der Waals surface area contributed by atoms with E-state index in [1.165, 1.54) is 7.11 Å². The summed E-state index contributed by atoms with van der Waals surface area (Å²) in [5.74, 6) is 0.233. The molecule has 1 rings (SSSR count). The van der Waals surface area contributed by atoms with Crippen LogP contribution in [0.3, 0.4) is 0 Å². The number of carbonyl (C=O) groups is 1. The molecule has 0 aliphatic carbocycles. The van der Waals surface area contributed by atoms with Crippen LogP contribution in [0, 0.1) is 0 Å². The molecule has 0 unspecified atom stereocenters. The molecule has 1 aromatic heterocycles. The molecule has 0 aliphatic heterocycles. The number of halogens is 1. The van der Waals surface area contributed by atoms with Gasteiger partial charge in [-0.05, 0) is 28.1 Å². The van der Waals surface area contributed by atoms with Crippen LogP contribution >= 0.6 is 15.9 Å². The predicted octanol–water partition coefficient (Wildman–Crippen LogP) is 1.94. The lowest BCUT2D eigenvalue weighted by atomic mass is 10.4. The lowest BCUT2D eigenvalue weighted by Crippen LogP contribution is -2.09. The predicted molar refractivity (Wildman–Crippen MR) is 50.1 cm³/mol. The molecule has 5 nitrogen and oxygen atoms in total. The molecule has 0 aliphatic rings. The number of hydrogen-bond acceptors (Lipinski definition) is 3. The molecule has 0 spiro atoms. The number of nitrogens with one attached hydrogen (secondary N) is 1. The van der Waals surface area contributed by atoms with E-state index in [0.717, 1.165) is 0 Å². The summed E-state index contributed by atoms with van der Waals surface area (Å²) in [7, 11) is 1.42. The van der Waals surface area contributed by atoms with Crippen LogP contribution < -0.4 is 10.1 Å². The van der Waals surface area contributed by atoms with Gasteiger partial charge in [0.05, 0.1) is 7.11 Å². The van der Waals surface area contributed by atoms with E-state index in [4.69, 9.17) is 9.84 Å². The Morgan fingerprint density at radius 1 is 1.69 bits per heavy atom. The largest absolute Gasteiger partial charge is 0.479 e. The van der Waals surface area contributed by atoms with E-state index in [0.29, 0.717) is 10.3 Å². The molecule has 0 atom stereocenters. The summed E-state index contributed by atoms with van der Waals surface area (Å²) in [5, 5.41) is 10.6. The quantitative estimate of drug-likeness (QED) is 0.783. The fourth-order valence-corrected chi connectivity index (χ4v) is 1.08. The molecule has 2 N–H and O–H groups in total. The van der Waals surface area contributed by atoms with Crippen LogP contribution in [0.15, 0.2) is 16.7 Å². The highest BCUT2D eigenvalue weighted by molar-refractivity contribution is 9.10. The molecular formula is C7H7BrN2O3. The number of anilines is 1. The van der Waals surface area contributed by atoms with Crippen molar-refractivity contribution in [3.05, 3.63) is 16.7 Å². The van der Waals surface area contributed by atoms with E-state index in [-0.39, 0.29) is 5.88 Å². The maximum atomic E-state index is 10.3. The molecule has 6 heteroatoms. The van der Waals surface area contributed by atoms with Crippen molar-refractivity contribution in [2.24, 2.45) is 0 Å². The topological polar surface area (TPSA) is 71.5 Å². The first-order valence-corrected chi connectivity index (χ1v) is 4.13. The van der Waals surface area contributed by atoms with Crippen molar-refractivity contribution in [1.29, 1.82) is 0 Å². The Kier molecular flexibility index (Phi) is 3.07. The van der Waals surface area contributed by atoms with E-state index < -0.39 is 6.09 Å². The highest BCUT2D eigenvalue weighted by atomic mass is 79.9. The van der Waals surface area contributed by atoms with Gasteiger partial charge in [-0.2, -0.15) is 0 Å². The summed E-state index contributed by atoms with van der Waals surface area (Å²) < 4.78 is 5.44. The zero-order valence-corrected chi connectivity index (χ0v) is 8.33. The van der Waals surface area contributed by atoms with Gasteiger partial charge in [0.1, 0.15) is 10.3 Å². The second-order valence-corrected chi connectivity index (χ2v) is 2.93. The number of rotatable bonds is 2. The van der Waals surface area contributed by atoms with Crippen LogP contribution in [0.2, 0.25) is 0 Å². The number of amides is 1. The molecule has 0 radical (unpaired) electrons. The van der Waals surface area contributed by atoms with Crippen LogP contribution in [0.4, 0.5) is 10.5 Å². The molecular weight excluding hydrogens is 240 g/mol. The van der Waals surface area contributed by atoms with Crippen LogP contribution in [0.5, 0.6) is 5.88 Å². The Labute approximate surface area is 82.9 Å². The van der Waals surface area contributed by atoms with E-state index in [9.17, 15) is 4.79 Å². The zero-order chi connectivity index (χ0) is 9.84. The number of pyridine rings is 1. The summed E-state index contributed by atoms with van der Waals surface area (Å²) >= 11 is 3.14. The standard InChI is InChI=1S/C7H7BrN2O3/c1-13-6-4(9-7(11)12)2-3-5(8)10-6/h2-3,9H,1H3,(H,11,12). The first kappa shape index (κ1) is 9.79. The molecule has 1 amide bonds. The van der Waals surface area contributed by atoms with Gasteiger partial charge in [-0.25, -0.2) is 9.78 Å². The van der Waals surface area contributed by atoms with E-state index in [1.807, 2.05) is 0 Å². The van der Waals surface area contributed by atoms with Crippen molar-refractivity contribution in [2.45, 2.75) is 0 Å². The minimum atomic E-state index is -1.15. The van der Waals surface area contributed by atoms with Gasteiger partial charge in [-0.3, -0.25) is 5.32 Å². The smallest absolute Gasteiger partial charge is 0.409 e. The third-order valence-electron chi connectivity index (χ3n) is 1.26. The van der Waals surface area contributed by atoms with Crippen LogP contribution in [0.25, 0.3) is 0 Å². The number of nitrogens with zero attached hydrogens (tertiary/aromatic N) is 1. The lowest BCUT2D eigenvalue weighted by Gasteiger charge is -2.06. The summed E-state index contributed by atoms with van der Waals surface area (Å²) in [6.45, 7) is 0. The Hall–Kier alpha value is -1.30. The highest BCUT2D eigenvalue weighted by Crippen LogP contribution is 2.23. The fourth-order valence-electron chi connectivity index (χ4n) is 0.784. The molecule has 1 aromatic rings. The maximum absolute atomic E-state index is 10.3. The van der Waals surface area contributed by atoms with Gasteiger partial charge in [0.25, 0.3) is 0 Å². The van der Waals surface area contributed by atoms with Crippen molar-refractivity contribution in [1.82, 2.24) is 4.98 Å². The zero-order valence-electron chi connectivity index (χ0n) is 6.74. The monoisotopic (exact) mass is 246 g/mol. The van der Waals surface area contributed by atoms with E-state index >= 15 is 0 Å². The Bertz CT molecular complexity index is 330. The van der Waals surface area contributed by atoms with Gasteiger partial charge in [-0.15, -0.1) is 0 Å². The summed E-state index contributed by atoms with van der Waals surface area (Å²) in [4.78, 5) is 14.2. The first-order valence-electron chi connectivity index (χ1n) is 3.34. The number of hydrogen-bond donors (Lipinski definition) is 2. The lowest BCUT2D eigenvalue weighted by molar-refractivity contribution is 0.209. The van der Waals surface area contributed by atoms with Crippen molar-refractivity contribution >= 4 is 27.7 Å². The van der Waals surface area contributed by atoms with Gasteiger partial charge in [0, 0.05) is 0 Å². The molecule has 0 saturated heterocycles. The molecule has 1 heterocycles. The van der Waals surface area contributed by atoms with Gasteiger partial charge in [0.15, 0.2) is 0 Å². The van der Waals surface area contributed by atoms with Gasteiger partial charge in [0.2, 0.25) is 5.88 Å². The second kappa shape index (κ2) is 4.08. The SMILES string of the molecule is COc1nc(Br)ccc1NC(=O)O. The molecule has 0 aromatic carbocycles. The third kappa shape index (κ3) is 2.59. The van der Waals surface area contributed by atoms with Crippen LogP contribution in [-0.2, 0) is 0 Å². The van der Waals surface area contributed by atoms with Crippen molar-refractivity contribution in [2.75, 3.05) is 12.4 Å². The van der Waals surface area contributed by atoms with Crippen molar-refractivity contribution < 1.29 is 14.6 Å². The number of carboxylic acid groups (broad SMARTS) is 1. The Morgan fingerprint density at radius 3 is 2.92 bits per heavy atom. The minimum Gasteiger partial charge on any atom is -0.479 e. The molecule has 0 saturated carbocycles. The Balaban J connectivity index is 2.99. The summed E-state index contributed by atoms with van der Waals surface area (Å²) in [6.07, 6.45) is -1.15. The minimum absolute atomic E-state index is 0.233. The average Bonchev–Trinajstić information content (AvgIpc) is 2.07. The molecule has 13 heavy (non-hydrogen) atoms. The molecule has 70 valence electrons. The van der Waals surface area contributed by atoms with Crippen LogP contribution in [-0.4, -0.2) is 23.3 Å². The molecule has 0 fully saturated rings. The van der Waals surface area contributed by atoms with Crippen molar-refractivity contribution in [3.8, 4) is 5.88 Å². The van der Waals surface area contributed by atoms with Crippen molar-refractivity contribution in [3.63, 3.8) is 0 Å². The Morgan fingerprint density at radius 2 is 2.38 bits per heavy atom. The highest BCUT2D eigenvalue weighted by Gasteiger charge is 2.07. The van der Waals surface area contributed by atoms with Gasteiger partial charge >= 0.3 is 6.09 Å². The number of ether oxygens (including phenoxy) is 1. The summed E-state index contributed by atoms with van der Waals surface area (Å²) in [6, 6.07) is 3.18. The average molecular weight is 247 g/mol. The van der Waals surface area contributed by atoms with E-state index in [2.05, 4.69) is 26.2 Å². The second-order valence-electron chi connectivity index (χ2n) is 2.12.